The molecule has 31 heavy (non-hydrogen) atoms. The zero-order valence-electron chi connectivity index (χ0n) is 16.5. The fraction of sp³-hybridized carbons (Fsp3) is 0.150. The van der Waals surface area contributed by atoms with E-state index in [1.54, 1.807) is 41.3 Å². The summed E-state index contributed by atoms with van der Waals surface area (Å²) in [7, 11) is -2.67. The van der Waals surface area contributed by atoms with E-state index in [1.807, 2.05) is 0 Å². The lowest BCUT2D eigenvalue weighted by Gasteiger charge is -2.13. The number of hydrogen-bond donors (Lipinski definition) is 2. The van der Waals surface area contributed by atoms with E-state index in [1.165, 1.54) is 31.6 Å². The van der Waals surface area contributed by atoms with E-state index in [0.717, 1.165) is 6.08 Å². The molecule has 0 atom stereocenters. The molecule has 11 heteroatoms. The summed E-state index contributed by atoms with van der Waals surface area (Å²) in [4.78, 5) is 14.5. The Bertz CT molecular complexity index is 1180. The second-order valence-electron chi connectivity index (χ2n) is 6.22. The zero-order chi connectivity index (χ0) is 22.3. The standard InChI is InChI=1S/C20H20N4O6S/c1-29-18-7-5-15(6-8-20(25)26)11-19(18)31(27,28)23-16-3-2-4-17(12-16)30-10-9-24-14-21-13-22-24/h2-8,11-14,23H,9-10H2,1H3,(H,25,26)/b8-6+. The van der Waals surface area contributed by atoms with E-state index in [9.17, 15) is 13.2 Å². The fourth-order valence-corrected chi connectivity index (χ4v) is 3.89. The zero-order valence-corrected chi connectivity index (χ0v) is 17.3. The number of anilines is 1. The van der Waals surface area contributed by atoms with Crippen LogP contribution in [0.4, 0.5) is 5.69 Å². The number of carbonyl (C=O) groups is 1. The third kappa shape index (κ3) is 6.06. The molecule has 0 fully saturated rings. The summed E-state index contributed by atoms with van der Waals surface area (Å²) in [5.74, 6) is -0.537. The van der Waals surface area contributed by atoms with Crippen molar-refractivity contribution in [1.29, 1.82) is 0 Å². The number of nitrogens with one attached hydrogen (secondary N) is 1. The van der Waals surface area contributed by atoms with Gasteiger partial charge in [0.15, 0.2) is 0 Å². The van der Waals surface area contributed by atoms with Crippen LogP contribution < -0.4 is 14.2 Å². The van der Waals surface area contributed by atoms with E-state index in [4.69, 9.17) is 14.6 Å². The van der Waals surface area contributed by atoms with Crippen LogP contribution in [0.25, 0.3) is 6.08 Å². The Morgan fingerprint density at radius 3 is 2.81 bits per heavy atom. The highest BCUT2D eigenvalue weighted by Crippen LogP contribution is 2.28. The third-order valence-corrected chi connectivity index (χ3v) is 5.44. The largest absolute Gasteiger partial charge is 0.495 e. The Labute approximate surface area is 178 Å². The van der Waals surface area contributed by atoms with Crippen molar-refractivity contribution in [2.75, 3.05) is 18.4 Å². The first kappa shape index (κ1) is 21.8. The maximum Gasteiger partial charge on any atom is 0.328 e. The van der Waals surface area contributed by atoms with Crippen molar-refractivity contribution in [3.05, 3.63) is 66.8 Å². The van der Waals surface area contributed by atoms with Gasteiger partial charge >= 0.3 is 5.97 Å². The van der Waals surface area contributed by atoms with E-state index < -0.39 is 16.0 Å². The van der Waals surface area contributed by atoms with Crippen molar-refractivity contribution in [2.24, 2.45) is 0 Å². The average molecular weight is 444 g/mol. The molecule has 2 aromatic carbocycles. The maximum atomic E-state index is 13.0. The van der Waals surface area contributed by atoms with Gasteiger partial charge in [0, 0.05) is 12.1 Å². The van der Waals surface area contributed by atoms with Crippen molar-refractivity contribution in [3.63, 3.8) is 0 Å². The van der Waals surface area contributed by atoms with Gasteiger partial charge < -0.3 is 14.6 Å². The molecule has 0 spiro atoms. The molecular formula is C20H20N4O6S. The van der Waals surface area contributed by atoms with Gasteiger partial charge in [-0.15, -0.1) is 0 Å². The molecule has 0 radical (unpaired) electrons. The Morgan fingerprint density at radius 2 is 2.10 bits per heavy atom. The Morgan fingerprint density at radius 1 is 1.26 bits per heavy atom. The van der Waals surface area contributed by atoms with E-state index in [0.29, 0.717) is 30.2 Å². The van der Waals surface area contributed by atoms with Gasteiger partial charge in [-0.3, -0.25) is 4.72 Å². The Kier molecular flexibility index (Phi) is 6.88. The number of aliphatic carboxylic acids is 1. The molecule has 162 valence electrons. The summed E-state index contributed by atoms with van der Waals surface area (Å²) in [6, 6.07) is 10.9. The molecule has 3 rings (SSSR count). The molecule has 10 nitrogen and oxygen atoms in total. The van der Waals surface area contributed by atoms with Crippen LogP contribution in [0.15, 0.2) is 66.1 Å². The Balaban J connectivity index is 1.77. The Hall–Kier alpha value is -3.86. The topological polar surface area (TPSA) is 133 Å². The minimum atomic E-state index is -4.02. The molecule has 0 saturated heterocycles. The molecule has 0 aliphatic rings. The van der Waals surface area contributed by atoms with Gasteiger partial charge in [-0.25, -0.2) is 22.9 Å². The molecule has 0 bridgehead atoms. The number of ether oxygens (including phenoxy) is 2. The molecule has 1 heterocycles. The number of sulfonamides is 1. The highest BCUT2D eigenvalue weighted by molar-refractivity contribution is 7.92. The number of carboxylic acids is 1. The molecule has 2 N–H and O–H groups in total. The average Bonchev–Trinajstić information content (AvgIpc) is 3.25. The van der Waals surface area contributed by atoms with Crippen LogP contribution in [0.2, 0.25) is 0 Å². The second-order valence-corrected chi connectivity index (χ2v) is 7.87. The lowest BCUT2D eigenvalue weighted by Crippen LogP contribution is -2.14. The molecule has 0 aliphatic heterocycles. The predicted octanol–water partition coefficient (Wildman–Crippen LogP) is 2.26. The normalized spacial score (nSPS) is 11.4. The second kappa shape index (κ2) is 9.76. The molecule has 0 amide bonds. The molecule has 0 aliphatic carbocycles. The summed E-state index contributed by atoms with van der Waals surface area (Å²) in [6.45, 7) is 0.815. The van der Waals surface area contributed by atoms with Gasteiger partial charge in [-0.1, -0.05) is 12.1 Å². The molecule has 0 saturated carbocycles. The number of aromatic nitrogens is 3. The van der Waals surface area contributed by atoms with Crippen molar-refractivity contribution in [3.8, 4) is 11.5 Å². The minimum Gasteiger partial charge on any atom is -0.495 e. The van der Waals surface area contributed by atoms with Gasteiger partial charge in [0.25, 0.3) is 10.0 Å². The summed E-state index contributed by atoms with van der Waals surface area (Å²) >= 11 is 0. The highest BCUT2D eigenvalue weighted by atomic mass is 32.2. The number of rotatable bonds is 10. The third-order valence-electron chi connectivity index (χ3n) is 4.04. The maximum absolute atomic E-state index is 13.0. The van der Waals surface area contributed by atoms with Crippen LogP contribution in [0.5, 0.6) is 11.5 Å². The molecule has 3 aromatic rings. The highest BCUT2D eigenvalue weighted by Gasteiger charge is 2.20. The molecule has 0 unspecified atom stereocenters. The van der Waals surface area contributed by atoms with Gasteiger partial charge in [-0.2, -0.15) is 5.10 Å². The quantitative estimate of drug-likeness (QED) is 0.455. The van der Waals surface area contributed by atoms with Crippen LogP contribution in [0, 0.1) is 0 Å². The number of carboxylic acid groups (broad SMARTS) is 1. The first-order valence-electron chi connectivity index (χ1n) is 9.04. The van der Waals surface area contributed by atoms with Crippen LogP contribution in [0.1, 0.15) is 5.56 Å². The first-order chi connectivity index (χ1) is 14.9. The van der Waals surface area contributed by atoms with Crippen LogP contribution in [-0.4, -0.2) is 48.0 Å². The van der Waals surface area contributed by atoms with Gasteiger partial charge in [0.1, 0.15) is 35.7 Å². The van der Waals surface area contributed by atoms with E-state index in [-0.39, 0.29) is 10.6 Å². The molecule has 1 aromatic heterocycles. The van der Waals surface area contributed by atoms with Crippen molar-refractivity contribution in [1.82, 2.24) is 14.8 Å². The summed E-state index contributed by atoms with van der Waals surface area (Å²) in [5.41, 5.74) is 0.695. The monoisotopic (exact) mass is 444 g/mol. The van der Waals surface area contributed by atoms with Crippen molar-refractivity contribution < 1.29 is 27.8 Å². The number of methoxy groups -OCH3 is 1. The van der Waals surface area contributed by atoms with Crippen LogP contribution in [0.3, 0.4) is 0 Å². The SMILES string of the molecule is COc1ccc(/C=C/C(=O)O)cc1S(=O)(=O)Nc1cccc(OCCn2cncn2)c1. The van der Waals surface area contributed by atoms with E-state index >= 15 is 0 Å². The van der Waals surface area contributed by atoms with Crippen LogP contribution in [-0.2, 0) is 21.4 Å². The first-order valence-corrected chi connectivity index (χ1v) is 10.5. The number of hydrogen-bond acceptors (Lipinski definition) is 7. The predicted molar refractivity (Wildman–Crippen MR) is 112 cm³/mol. The van der Waals surface area contributed by atoms with Gasteiger partial charge in [0.05, 0.1) is 19.3 Å². The smallest absolute Gasteiger partial charge is 0.328 e. The summed E-state index contributed by atoms with van der Waals surface area (Å²) in [6.07, 6.45) is 5.22. The summed E-state index contributed by atoms with van der Waals surface area (Å²) < 4.78 is 40.8. The molecular weight excluding hydrogens is 424 g/mol. The van der Waals surface area contributed by atoms with E-state index in [2.05, 4.69) is 14.8 Å². The minimum absolute atomic E-state index is 0.125. The van der Waals surface area contributed by atoms with Crippen LogP contribution >= 0.6 is 0 Å². The number of benzene rings is 2. The van der Waals surface area contributed by atoms with Crippen molar-refractivity contribution in [2.45, 2.75) is 11.4 Å². The lowest BCUT2D eigenvalue weighted by molar-refractivity contribution is -0.131. The lowest BCUT2D eigenvalue weighted by atomic mass is 10.2. The number of nitrogens with zero attached hydrogens (tertiary/aromatic N) is 3. The fourth-order valence-electron chi connectivity index (χ4n) is 2.64. The van der Waals surface area contributed by atoms with Gasteiger partial charge in [-0.05, 0) is 35.9 Å². The van der Waals surface area contributed by atoms with Gasteiger partial charge in [0.2, 0.25) is 0 Å². The van der Waals surface area contributed by atoms with Crippen molar-refractivity contribution >= 4 is 27.8 Å². The summed E-state index contributed by atoms with van der Waals surface area (Å²) in [5, 5.41) is 12.8.